The molecule has 1 rings (SSSR count). The molecule has 0 bridgehead atoms. The van der Waals surface area contributed by atoms with E-state index >= 15 is 0 Å². The second-order valence-electron chi connectivity index (χ2n) is 4.34. The minimum absolute atomic E-state index is 0.237. The fourth-order valence-electron chi connectivity index (χ4n) is 1.26. The molecule has 90 valence electrons. The summed E-state index contributed by atoms with van der Waals surface area (Å²) < 4.78 is 30.1. The van der Waals surface area contributed by atoms with Crippen molar-refractivity contribution in [3.63, 3.8) is 0 Å². The molecular weight excluding hydrogens is 228 g/mol. The fraction of sp³-hybridized carbons (Fsp3) is 0.400. The Morgan fingerprint density at radius 3 is 2.31 bits per heavy atom. The molecule has 0 radical (unpaired) electrons. The highest BCUT2D eigenvalue weighted by atomic mass is 32.2. The van der Waals surface area contributed by atoms with Gasteiger partial charge >= 0.3 is 0 Å². The van der Waals surface area contributed by atoms with Crippen molar-refractivity contribution in [1.82, 2.24) is 0 Å². The van der Waals surface area contributed by atoms with E-state index in [0.717, 1.165) is 0 Å². The summed E-state index contributed by atoms with van der Waals surface area (Å²) in [6.45, 7) is 3.05. The average molecular weight is 244 g/mol. The molecule has 0 saturated heterocycles. The van der Waals surface area contributed by atoms with Gasteiger partial charge in [0.15, 0.2) is 0 Å². The molecule has 2 atom stereocenters. The standard InChI is InChI=1S/C10H16N2O3S/c1-9(12)4-3-8(11)7-10(2,6-5-9)16(13,14)15/h3-7H,11-12H2,1-2H3,(H,13,14,15). The van der Waals surface area contributed by atoms with Gasteiger partial charge in [-0.05, 0) is 26.0 Å². The van der Waals surface area contributed by atoms with Crippen molar-refractivity contribution >= 4 is 10.1 Å². The van der Waals surface area contributed by atoms with Crippen LogP contribution in [0, 0.1) is 0 Å². The Kier molecular flexibility index (Phi) is 3.02. The molecule has 0 saturated carbocycles. The molecule has 6 heteroatoms. The van der Waals surface area contributed by atoms with Crippen LogP contribution < -0.4 is 11.5 Å². The van der Waals surface area contributed by atoms with Gasteiger partial charge in [-0.1, -0.05) is 18.2 Å². The van der Waals surface area contributed by atoms with Crippen LogP contribution in [0.25, 0.3) is 0 Å². The lowest BCUT2D eigenvalue weighted by Gasteiger charge is -2.24. The van der Waals surface area contributed by atoms with Crippen molar-refractivity contribution in [3.05, 3.63) is 36.1 Å². The number of nitrogens with two attached hydrogens (primary N) is 2. The summed E-state index contributed by atoms with van der Waals surface area (Å²) >= 11 is 0. The molecule has 2 unspecified atom stereocenters. The predicted molar refractivity (Wildman–Crippen MR) is 63.1 cm³/mol. The van der Waals surface area contributed by atoms with E-state index in [4.69, 9.17) is 16.0 Å². The highest BCUT2D eigenvalue weighted by Crippen LogP contribution is 2.24. The van der Waals surface area contributed by atoms with Gasteiger partial charge in [-0.2, -0.15) is 8.42 Å². The van der Waals surface area contributed by atoms with Gasteiger partial charge in [-0.3, -0.25) is 4.55 Å². The second kappa shape index (κ2) is 3.73. The van der Waals surface area contributed by atoms with E-state index < -0.39 is 20.4 Å². The van der Waals surface area contributed by atoms with Crippen molar-refractivity contribution in [2.24, 2.45) is 11.5 Å². The highest BCUT2D eigenvalue weighted by Gasteiger charge is 2.34. The van der Waals surface area contributed by atoms with Gasteiger partial charge in [-0.25, -0.2) is 0 Å². The Morgan fingerprint density at radius 2 is 1.81 bits per heavy atom. The molecule has 0 fully saturated rings. The molecule has 1 aliphatic rings. The molecule has 16 heavy (non-hydrogen) atoms. The van der Waals surface area contributed by atoms with Crippen LogP contribution in [0.2, 0.25) is 0 Å². The summed E-state index contributed by atoms with van der Waals surface area (Å²) in [7, 11) is -4.28. The first-order valence-electron chi connectivity index (χ1n) is 4.70. The van der Waals surface area contributed by atoms with Gasteiger partial charge in [0.2, 0.25) is 0 Å². The SMILES string of the molecule is CC1(N)C=CC(N)=CC(C)(S(=O)(=O)O)C=C1. The lowest BCUT2D eigenvalue weighted by atomic mass is 9.96. The van der Waals surface area contributed by atoms with E-state index in [0.29, 0.717) is 0 Å². The van der Waals surface area contributed by atoms with E-state index in [-0.39, 0.29) is 5.70 Å². The maximum Gasteiger partial charge on any atom is 0.277 e. The number of rotatable bonds is 1. The molecule has 0 aromatic heterocycles. The number of hydrogen-bond acceptors (Lipinski definition) is 4. The number of hydrogen-bond donors (Lipinski definition) is 3. The molecule has 5 nitrogen and oxygen atoms in total. The Balaban J connectivity index is 3.40. The molecule has 0 amide bonds. The molecular formula is C10H16N2O3S. The van der Waals surface area contributed by atoms with Crippen LogP contribution in [0.15, 0.2) is 36.1 Å². The zero-order chi connectivity index (χ0) is 12.6. The summed E-state index contributed by atoms with van der Waals surface area (Å²) in [5.41, 5.74) is 10.9. The van der Waals surface area contributed by atoms with Crippen LogP contribution >= 0.6 is 0 Å². The maximum absolute atomic E-state index is 11.3. The average Bonchev–Trinajstić information content (AvgIpc) is 2.09. The van der Waals surface area contributed by atoms with E-state index in [9.17, 15) is 8.42 Å². The van der Waals surface area contributed by atoms with Gasteiger partial charge in [-0.15, -0.1) is 0 Å². The van der Waals surface area contributed by atoms with Crippen LogP contribution in [0.5, 0.6) is 0 Å². The summed E-state index contributed by atoms with van der Waals surface area (Å²) in [6, 6.07) is 0. The van der Waals surface area contributed by atoms with E-state index in [2.05, 4.69) is 0 Å². The first-order valence-corrected chi connectivity index (χ1v) is 6.14. The third-order valence-corrected chi connectivity index (χ3v) is 3.78. The van der Waals surface area contributed by atoms with Crippen LogP contribution in [-0.2, 0) is 10.1 Å². The van der Waals surface area contributed by atoms with Gasteiger partial charge in [0.05, 0.1) is 5.54 Å². The van der Waals surface area contributed by atoms with Gasteiger partial charge < -0.3 is 11.5 Å². The van der Waals surface area contributed by atoms with Crippen molar-refractivity contribution in [1.29, 1.82) is 0 Å². The van der Waals surface area contributed by atoms with Gasteiger partial charge in [0.1, 0.15) is 4.75 Å². The highest BCUT2D eigenvalue weighted by molar-refractivity contribution is 7.87. The quantitative estimate of drug-likeness (QED) is 0.455. The Hall–Kier alpha value is -1.11. The monoisotopic (exact) mass is 244 g/mol. The lowest BCUT2D eigenvalue weighted by Crippen LogP contribution is -2.37. The largest absolute Gasteiger partial charge is 0.399 e. The maximum atomic E-state index is 11.3. The molecule has 1 aliphatic carbocycles. The van der Waals surface area contributed by atoms with Crippen molar-refractivity contribution in [3.8, 4) is 0 Å². The van der Waals surface area contributed by atoms with E-state index in [1.54, 1.807) is 13.0 Å². The molecule has 0 aromatic carbocycles. The summed E-state index contributed by atoms with van der Waals surface area (Å²) in [5, 5.41) is 0. The zero-order valence-corrected chi connectivity index (χ0v) is 10.0. The lowest BCUT2D eigenvalue weighted by molar-refractivity contribution is 0.465. The fourth-order valence-corrected chi connectivity index (χ4v) is 1.79. The normalized spacial score (nSPS) is 35.4. The molecule has 5 N–H and O–H groups in total. The zero-order valence-electron chi connectivity index (χ0n) is 9.21. The molecule has 0 heterocycles. The van der Waals surface area contributed by atoms with Gasteiger partial charge in [0.25, 0.3) is 10.1 Å². The molecule has 0 aromatic rings. The first kappa shape index (κ1) is 13.0. The summed E-state index contributed by atoms with van der Waals surface area (Å²) in [4.78, 5) is 0. The first-order chi connectivity index (χ1) is 7.06. The smallest absolute Gasteiger partial charge is 0.277 e. The van der Waals surface area contributed by atoms with Crippen LogP contribution in [-0.4, -0.2) is 23.3 Å². The predicted octanol–water partition coefficient (Wildman–Crippen LogP) is 0.319. The van der Waals surface area contributed by atoms with Crippen molar-refractivity contribution < 1.29 is 13.0 Å². The Bertz CT molecular complexity index is 474. The van der Waals surface area contributed by atoms with E-state index in [1.165, 1.54) is 31.2 Å². The minimum Gasteiger partial charge on any atom is -0.399 e. The van der Waals surface area contributed by atoms with Crippen LogP contribution in [0.1, 0.15) is 13.8 Å². The summed E-state index contributed by atoms with van der Waals surface area (Å²) in [5.74, 6) is 0. The minimum atomic E-state index is -4.28. The topological polar surface area (TPSA) is 106 Å². The number of allylic oxidation sites excluding steroid dienone is 1. The van der Waals surface area contributed by atoms with E-state index in [1.807, 2.05) is 0 Å². The van der Waals surface area contributed by atoms with Gasteiger partial charge in [0, 0.05) is 5.70 Å². The Morgan fingerprint density at radius 1 is 1.25 bits per heavy atom. The van der Waals surface area contributed by atoms with Crippen molar-refractivity contribution in [2.75, 3.05) is 0 Å². The third-order valence-electron chi connectivity index (χ3n) is 2.42. The third kappa shape index (κ3) is 2.72. The molecule has 0 aliphatic heterocycles. The second-order valence-corrected chi connectivity index (χ2v) is 6.17. The van der Waals surface area contributed by atoms with Crippen molar-refractivity contribution in [2.45, 2.75) is 24.1 Å². The molecule has 0 spiro atoms. The summed E-state index contributed by atoms with van der Waals surface area (Å²) in [6.07, 6.45) is 7.29. The Labute approximate surface area is 95.3 Å². The van der Waals surface area contributed by atoms with Crippen LogP contribution in [0.3, 0.4) is 0 Å². The van der Waals surface area contributed by atoms with Crippen LogP contribution in [0.4, 0.5) is 0 Å².